The lowest BCUT2D eigenvalue weighted by atomic mass is 10.2. The van der Waals surface area contributed by atoms with Gasteiger partial charge in [-0.3, -0.25) is 0 Å². The highest BCUT2D eigenvalue weighted by atomic mass is 35.5. The Morgan fingerprint density at radius 3 is 2.92 bits per heavy atom. The van der Waals surface area contributed by atoms with Gasteiger partial charge in [0.1, 0.15) is 5.75 Å². The third-order valence-electron chi connectivity index (χ3n) is 1.50. The van der Waals surface area contributed by atoms with E-state index in [1.54, 1.807) is 24.3 Å². The van der Waals surface area contributed by atoms with E-state index in [0.717, 1.165) is 0 Å². The zero-order chi connectivity index (χ0) is 9.68. The zero-order valence-electron chi connectivity index (χ0n) is 6.87. The second kappa shape index (κ2) is 4.54. The lowest BCUT2D eigenvalue weighted by Crippen LogP contribution is -1.74. The van der Waals surface area contributed by atoms with Crippen LogP contribution in [0.3, 0.4) is 0 Å². The lowest BCUT2D eigenvalue weighted by Gasteiger charge is -1.98. The van der Waals surface area contributed by atoms with Crippen molar-refractivity contribution < 1.29 is 5.11 Å². The average Bonchev–Trinajstić information content (AvgIpc) is 2.09. The molecule has 0 heterocycles. The van der Waals surface area contributed by atoms with Crippen LogP contribution < -0.4 is 0 Å². The Morgan fingerprint density at radius 1 is 1.54 bits per heavy atom. The second-order valence-corrected chi connectivity index (χ2v) is 2.90. The first-order chi connectivity index (χ1) is 6.24. The molecule has 1 aromatic carbocycles. The Morgan fingerprint density at radius 2 is 2.31 bits per heavy atom. The van der Waals surface area contributed by atoms with Crippen LogP contribution in [0.2, 0.25) is 5.02 Å². The first-order valence-corrected chi connectivity index (χ1v) is 4.14. The summed E-state index contributed by atoms with van der Waals surface area (Å²) in [5, 5.41) is 18.1. The molecule has 0 atom stereocenters. The largest absolute Gasteiger partial charge is 0.507 e. The van der Waals surface area contributed by atoms with E-state index in [4.69, 9.17) is 16.9 Å². The number of phenolic OH excluding ortho intramolecular Hbond substituents is 1. The van der Waals surface area contributed by atoms with Gasteiger partial charge in [-0.15, -0.1) is 0 Å². The minimum atomic E-state index is 0.127. The van der Waals surface area contributed by atoms with Gasteiger partial charge < -0.3 is 5.11 Å². The van der Waals surface area contributed by atoms with Gasteiger partial charge in [-0.25, -0.2) is 0 Å². The van der Waals surface area contributed by atoms with Crippen molar-refractivity contribution in [3.63, 3.8) is 0 Å². The van der Waals surface area contributed by atoms with Gasteiger partial charge >= 0.3 is 0 Å². The second-order valence-electron chi connectivity index (χ2n) is 2.47. The van der Waals surface area contributed by atoms with Crippen molar-refractivity contribution in [2.75, 3.05) is 0 Å². The molecule has 3 heteroatoms. The van der Waals surface area contributed by atoms with Crippen LogP contribution in [0, 0.1) is 11.3 Å². The number of allylic oxidation sites excluding steroid dienone is 1. The van der Waals surface area contributed by atoms with Crippen LogP contribution in [0.25, 0.3) is 6.08 Å². The van der Waals surface area contributed by atoms with Crippen LogP contribution in [-0.4, -0.2) is 5.11 Å². The summed E-state index contributed by atoms with van der Waals surface area (Å²) in [5.41, 5.74) is 0.666. The van der Waals surface area contributed by atoms with Gasteiger partial charge in [-0.05, 0) is 18.2 Å². The summed E-state index contributed by atoms with van der Waals surface area (Å²) in [6.45, 7) is 0. The van der Waals surface area contributed by atoms with Crippen molar-refractivity contribution in [1.82, 2.24) is 0 Å². The van der Waals surface area contributed by atoms with E-state index in [2.05, 4.69) is 0 Å². The molecule has 0 aliphatic heterocycles. The molecule has 1 aromatic rings. The summed E-state index contributed by atoms with van der Waals surface area (Å²) >= 11 is 5.64. The fourth-order valence-corrected chi connectivity index (χ4v) is 1.06. The van der Waals surface area contributed by atoms with E-state index < -0.39 is 0 Å². The summed E-state index contributed by atoms with van der Waals surface area (Å²) in [5.74, 6) is 0.127. The fourth-order valence-electron chi connectivity index (χ4n) is 0.896. The van der Waals surface area contributed by atoms with Crippen LogP contribution in [0.1, 0.15) is 12.0 Å². The number of halogens is 1. The van der Waals surface area contributed by atoms with Gasteiger partial charge in [-0.2, -0.15) is 5.26 Å². The molecule has 0 saturated heterocycles. The van der Waals surface area contributed by atoms with Crippen molar-refractivity contribution in [3.8, 4) is 11.8 Å². The molecule has 1 rings (SSSR count). The molecule has 1 N–H and O–H groups in total. The molecule has 0 aliphatic carbocycles. The molecule has 0 radical (unpaired) electrons. The quantitative estimate of drug-likeness (QED) is 0.785. The molecule has 0 saturated carbocycles. The lowest BCUT2D eigenvalue weighted by molar-refractivity contribution is 0.474. The summed E-state index contributed by atoms with van der Waals surface area (Å²) < 4.78 is 0. The van der Waals surface area contributed by atoms with Crippen LogP contribution in [0.4, 0.5) is 0 Å². The summed E-state index contributed by atoms with van der Waals surface area (Å²) in [6, 6.07) is 6.83. The standard InChI is InChI=1S/C10H8ClNO/c11-9-5-4-8(10(13)7-9)3-1-2-6-12/h1,3-5,7,13H,2H2. The minimum Gasteiger partial charge on any atom is -0.507 e. The zero-order valence-corrected chi connectivity index (χ0v) is 7.62. The molecule has 13 heavy (non-hydrogen) atoms. The monoisotopic (exact) mass is 193 g/mol. The number of benzene rings is 1. The highest BCUT2D eigenvalue weighted by molar-refractivity contribution is 6.30. The number of hydrogen-bond donors (Lipinski definition) is 1. The average molecular weight is 194 g/mol. The van der Waals surface area contributed by atoms with E-state index in [0.29, 0.717) is 17.0 Å². The molecule has 0 amide bonds. The highest BCUT2D eigenvalue weighted by Gasteiger charge is 1.96. The summed E-state index contributed by atoms with van der Waals surface area (Å²) in [7, 11) is 0. The molecule has 0 unspecified atom stereocenters. The first kappa shape index (κ1) is 9.63. The SMILES string of the molecule is N#CCC=Cc1ccc(Cl)cc1O. The molecule has 66 valence electrons. The Labute approximate surface area is 81.7 Å². The number of aromatic hydroxyl groups is 1. The van der Waals surface area contributed by atoms with Crippen molar-refractivity contribution in [2.24, 2.45) is 0 Å². The minimum absolute atomic E-state index is 0.127. The van der Waals surface area contributed by atoms with E-state index in [1.165, 1.54) is 6.07 Å². The molecule has 0 aromatic heterocycles. The maximum atomic E-state index is 9.37. The smallest absolute Gasteiger partial charge is 0.124 e. The predicted molar refractivity (Wildman–Crippen MR) is 52.4 cm³/mol. The van der Waals surface area contributed by atoms with Gasteiger partial charge in [0.2, 0.25) is 0 Å². The van der Waals surface area contributed by atoms with E-state index in [9.17, 15) is 5.11 Å². The third kappa shape index (κ3) is 2.81. The molecule has 2 nitrogen and oxygen atoms in total. The molecular weight excluding hydrogens is 186 g/mol. The Hall–Kier alpha value is -1.46. The number of nitrogens with zero attached hydrogens (tertiary/aromatic N) is 1. The maximum absolute atomic E-state index is 9.37. The topological polar surface area (TPSA) is 44.0 Å². The van der Waals surface area contributed by atoms with Gasteiger partial charge in [0, 0.05) is 10.6 Å². The van der Waals surface area contributed by atoms with Crippen molar-refractivity contribution in [2.45, 2.75) is 6.42 Å². The molecule has 0 aliphatic rings. The van der Waals surface area contributed by atoms with Crippen LogP contribution in [0.15, 0.2) is 24.3 Å². The normalized spacial score (nSPS) is 10.2. The van der Waals surface area contributed by atoms with Gasteiger partial charge in [-0.1, -0.05) is 23.8 Å². The first-order valence-electron chi connectivity index (χ1n) is 3.76. The van der Waals surface area contributed by atoms with Crippen LogP contribution in [0.5, 0.6) is 5.75 Å². The Balaban J connectivity index is 2.85. The number of nitriles is 1. The third-order valence-corrected chi connectivity index (χ3v) is 1.73. The van der Waals surface area contributed by atoms with Crippen molar-refractivity contribution in [3.05, 3.63) is 34.9 Å². The molecule has 0 fully saturated rings. The number of phenols is 1. The highest BCUT2D eigenvalue weighted by Crippen LogP contribution is 2.22. The van der Waals surface area contributed by atoms with Crippen molar-refractivity contribution >= 4 is 17.7 Å². The van der Waals surface area contributed by atoms with Crippen LogP contribution in [-0.2, 0) is 0 Å². The van der Waals surface area contributed by atoms with E-state index in [-0.39, 0.29) is 5.75 Å². The van der Waals surface area contributed by atoms with Gasteiger partial charge in [0.05, 0.1) is 12.5 Å². The fraction of sp³-hybridized carbons (Fsp3) is 0.100. The van der Waals surface area contributed by atoms with Gasteiger partial charge in [0.15, 0.2) is 0 Å². The van der Waals surface area contributed by atoms with Gasteiger partial charge in [0.25, 0.3) is 0 Å². The summed E-state index contributed by atoms with van der Waals surface area (Å²) in [4.78, 5) is 0. The summed E-state index contributed by atoms with van der Waals surface area (Å²) in [6.07, 6.45) is 3.71. The molecule has 0 bridgehead atoms. The maximum Gasteiger partial charge on any atom is 0.124 e. The number of rotatable bonds is 2. The molecular formula is C10H8ClNO. The van der Waals surface area contributed by atoms with E-state index in [1.807, 2.05) is 6.07 Å². The Kier molecular flexibility index (Phi) is 3.36. The Bertz CT molecular complexity index is 366. The van der Waals surface area contributed by atoms with Crippen LogP contribution >= 0.6 is 11.6 Å². The van der Waals surface area contributed by atoms with E-state index >= 15 is 0 Å². The predicted octanol–water partition coefficient (Wildman–Crippen LogP) is 2.97. The molecule has 0 spiro atoms. The van der Waals surface area contributed by atoms with Crippen molar-refractivity contribution in [1.29, 1.82) is 5.26 Å². The number of hydrogen-bond acceptors (Lipinski definition) is 2.